The Labute approximate surface area is 124 Å². The highest BCUT2D eigenvalue weighted by Crippen LogP contribution is 2.27. The van der Waals surface area contributed by atoms with Crippen LogP contribution in [0, 0.1) is 3.57 Å². The SMILES string of the molecule is CCNc1nc(N(CC)CC)nc(C(C)C)c1I. The van der Waals surface area contributed by atoms with Gasteiger partial charge in [0, 0.05) is 19.6 Å². The molecule has 5 heteroatoms. The fourth-order valence-electron chi connectivity index (χ4n) is 1.77. The van der Waals surface area contributed by atoms with Gasteiger partial charge in [-0.15, -0.1) is 0 Å². The summed E-state index contributed by atoms with van der Waals surface area (Å²) in [5, 5.41) is 3.33. The van der Waals surface area contributed by atoms with Crippen molar-refractivity contribution >= 4 is 34.4 Å². The van der Waals surface area contributed by atoms with Crippen molar-refractivity contribution in [2.75, 3.05) is 29.9 Å². The molecule has 1 rings (SSSR count). The topological polar surface area (TPSA) is 41.1 Å². The fourth-order valence-corrected chi connectivity index (χ4v) is 2.82. The maximum Gasteiger partial charge on any atom is 0.227 e. The normalized spacial score (nSPS) is 10.8. The second kappa shape index (κ2) is 7.11. The van der Waals surface area contributed by atoms with Crippen LogP contribution in [0.3, 0.4) is 0 Å². The minimum atomic E-state index is 0.409. The Bertz CT molecular complexity index is 389. The number of halogens is 1. The maximum absolute atomic E-state index is 4.72. The van der Waals surface area contributed by atoms with E-state index in [-0.39, 0.29) is 0 Å². The van der Waals surface area contributed by atoms with Crippen molar-refractivity contribution < 1.29 is 0 Å². The number of rotatable bonds is 6. The van der Waals surface area contributed by atoms with Crippen LogP contribution in [0.2, 0.25) is 0 Å². The lowest BCUT2D eigenvalue weighted by Gasteiger charge is -2.22. The van der Waals surface area contributed by atoms with Gasteiger partial charge in [-0.2, -0.15) is 4.98 Å². The van der Waals surface area contributed by atoms with Crippen LogP contribution < -0.4 is 10.2 Å². The first kappa shape index (κ1) is 15.5. The molecule has 102 valence electrons. The van der Waals surface area contributed by atoms with Crippen molar-refractivity contribution in [3.05, 3.63) is 9.26 Å². The van der Waals surface area contributed by atoms with E-state index in [9.17, 15) is 0 Å². The third-order valence-corrected chi connectivity index (χ3v) is 3.87. The largest absolute Gasteiger partial charge is 0.369 e. The summed E-state index contributed by atoms with van der Waals surface area (Å²) in [6.45, 7) is 13.4. The van der Waals surface area contributed by atoms with E-state index < -0.39 is 0 Å². The summed E-state index contributed by atoms with van der Waals surface area (Å²) in [6, 6.07) is 0. The Balaban J connectivity index is 3.27. The van der Waals surface area contributed by atoms with Crippen LogP contribution in [-0.4, -0.2) is 29.6 Å². The van der Waals surface area contributed by atoms with Gasteiger partial charge in [0.25, 0.3) is 0 Å². The molecule has 4 nitrogen and oxygen atoms in total. The van der Waals surface area contributed by atoms with E-state index in [0.29, 0.717) is 5.92 Å². The highest BCUT2D eigenvalue weighted by atomic mass is 127. The van der Waals surface area contributed by atoms with Gasteiger partial charge in [-0.25, -0.2) is 4.98 Å². The van der Waals surface area contributed by atoms with Crippen LogP contribution in [0.25, 0.3) is 0 Å². The lowest BCUT2D eigenvalue weighted by Crippen LogP contribution is -2.25. The molecule has 1 aromatic heterocycles. The van der Waals surface area contributed by atoms with Gasteiger partial charge < -0.3 is 10.2 Å². The zero-order chi connectivity index (χ0) is 13.7. The van der Waals surface area contributed by atoms with Gasteiger partial charge in [0.05, 0.1) is 9.26 Å². The Morgan fingerprint density at radius 2 is 1.78 bits per heavy atom. The summed E-state index contributed by atoms with van der Waals surface area (Å²) in [5.74, 6) is 2.20. The van der Waals surface area contributed by atoms with Crippen molar-refractivity contribution in [3.8, 4) is 0 Å². The van der Waals surface area contributed by atoms with E-state index in [2.05, 4.69) is 72.4 Å². The number of nitrogens with one attached hydrogen (secondary N) is 1. The van der Waals surface area contributed by atoms with E-state index in [4.69, 9.17) is 4.98 Å². The first-order chi connectivity index (χ1) is 8.54. The molecule has 0 aliphatic carbocycles. The Hall–Kier alpha value is -0.590. The summed E-state index contributed by atoms with van der Waals surface area (Å²) in [7, 11) is 0. The van der Waals surface area contributed by atoms with Crippen LogP contribution in [0.4, 0.5) is 11.8 Å². The molecular weight excluding hydrogens is 339 g/mol. The second-order valence-corrected chi connectivity index (χ2v) is 5.51. The number of hydrogen-bond donors (Lipinski definition) is 1. The van der Waals surface area contributed by atoms with Crippen molar-refractivity contribution in [1.29, 1.82) is 0 Å². The molecule has 1 N–H and O–H groups in total. The molecule has 1 aromatic rings. The number of aromatic nitrogens is 2. The molecule has 0 unspecified atom stereocenters. The minimum Gasteiger partial charge on any atom is -0.369 e. The number of nitrogens with zero attached hydrogens (tertiary/aromatic N) is 3. The summed E-state index contributed by atoms with van der Waals surface area (Å²) in [4.78, 5) is 11.6. The predicted molar refractivity (Wildman–Crippen MR) is 86.6 cm³/mol. The average molecular weight is 362 g/mol. The van der Waals surface area contributed by atoms with Gasteiger partial charge >= 0.3 is 0 Å². The summed E-state index contributed by atoms with van der Waals surface area (Å²) < 4.78 is 1.14. The van der Waals surface area contributed by atoms with Gasteiger partial charge in [0.15, 0.2) is 0 Å². The number of anilines is 2. The van der Waals surface area contributed by atoms with Crippen LogP contribution in [0.15, 0.2) is 0 Å². The zero-order valence-corrected chi connectivity index (χ0v) is 14.1. The third-order valence-electron chi connectivity index (χ3n) is 2.80. The highest BCUT2D eigenvalue weighted by Gasteiger charge is 2.16. The maximum atomic E-state index is 4.72. The van der Waals surface area contributed by atoms with E-state index in [0.717, 1.165) is 40.7 Å². The van der Waals surface area contributed by atoms with E-state index >= 15 is 0 Å². The first-order valence-electron chi connectivity index (χ1n) is 6.61. The summed E-state index contributed by atoms with van der Waals surface area (Å²) in [5.41, 5.74) is 1.13. The molecule has 1 heterocycles. The molecule has 0 aliphatic rings. The molecule has 0 aromatic carbocycles. The monoisotopic (exact) mass is 362 g/mol. The molecule has 0 spiro atoms. The molecule has 18 heavy (non-hydrogen) atoms. The van der Waals surface area contributed by atoms with Crippen LogP contribution >= 0.6 is 22.6 Å². The predicted octanol–water partition coefficient (Wildman–Crippen LogP) is 3.48. The third kappa shape index (κ3) is 3.46. The quantitative estimate of drug-likeness (QED) is 0.787. The Morgan fingerprint density at radius 3 is 2.22 bits per heavy atom. The second-order valence-electron chi connectivity index (χ2n) is 4.43. The molecule has 0 saturated heterocycles. The van der Waals surface area contributed by atoms with Crippen LogP contribution in [0.1, 0.15) is 46.2 Å². The minimum absolute atomic E-state index is 0.409. The van der Waals surface area contributed by atoms with Crippen LogP contribution in [-0.2, 0) is 0 Å². The molecule has 0 aliphatic heterocycles. The van der Waals surface area contributed by atoms with Gasteiger partial charge in [0.1, 0.15) is 5.82 Å². The van der Waals surface area contributed by atoms with E-state index in [1.165, 1.54) is 0 Å². The highest BCUT2D eigenvalue weighted by molar-refractivity contribution is 14.1. The van der Waals surface area contributed by atoms with Crippen LogP contribution in [0.5, 0.6) is 0 Å². The lowest BCUT2D eigenvalue weighted by molar-refractivity contribution is 0.768. The molecule has 0 atom stereocenters. The van der Waals surface area contributed by atoms with E-state index in [1.54, 1.807) is 0 Å². The van der Waals surface area contributed by atoms with Gasteiger partial charge in [-0.1, -0.05) is 13.8 Å². The van der Waals surface area contributed by atoms with Crippen molar-refractivity contribution in [2.45, 2.75) is 40.5 Å². The molecule has 0 amide bonds. The molecule has 0 bridgehead atoms. The van der Waals surface area contributed by atoms with Gasteiger partial charge in [-0.3, -0.25) is 0 Å². The van der Waals surface area contributed by atoms with Gasteiger partial charge in [-0.05, 0) is 49.3 Å². The average Bonchev–Trinajstić information content (AvgIpc) is 2.34. The lowest BCUT2D eigenvalue weighted by atomic mass is 10.1. The van der Waals surface area contributed by atoms with Gasteiger partial charge in [0.2, 0.25) is 5.95 Å². The fraction of sp³-hybridized carbons (Fsp3) is 0.692. The Morgan fingerprint density at radius 1 is 1.17 bits per heavy atom. The van der Waals surface area contributed by atoms with E-state index in [1.807, 2.05) is 0 Å². The standard InChI is InChI=1S/C13H23IN4/c1-6-15-12-10(14)11(9(4)5)16-13(17-12)18(7-2)8-3/h9H,6-8H2,1-5H3,(H,15,16,17). The zero-order valence-electron chi connectivity index (χ0n) is 11.9. The van der Waals surface area contributed by atoms with Crippen molar-refractivity contribution in [2.24, 2.45) is 0 Å². The van der Waals surface area contributed by atoms with Crippen molar-refractivity contribution in [3.63, 3.8) is 0 Å². The summed E-state index contributed by atoms with van der Waals surface area (Å²) >= 11 is 2.34. The smallest absolute Gasteiger partial charge is 0.227 e. The van der Waals surface area contributed by atoms with Crippen molar-refractivity contribution in [1.82, 2.24) is 9.97 Å². The first-order valence-corrected chi connectivity index (χ1v) is 7.69. The Kier molecular flexibility index (Phi) is 6.11. The number of hydrogen-bond acceptors (Lipinski definition) is 4. The summed E-state index contributed by atoms with van der Waals surface area (Å²) in [6.07, 6.45) is 0. The molecule has 0 radical (unpaired) electrons. The molecular formula is C13H23IN4. The molecule has 0 fully saturated rings. The molecule has 0 saturated carbocycles.